The molecule has 1 saturated heterocycles. The van der Waals surface area contributed by atoms with Gasteiger partial charge in [0.15, 0.2) is 0 Å². The van der Waals surface area contributed by atoms with Crippen LogP contribution < -0.4 is 0 Å². The van der Waals surface area contributed by atoms with Crippen molar-refractivity contribution in [2.45, 2.75) is 12.3 Å². The Morgan fingerprint density at radius 2 is 2.20 bits per heavy atom. The van der Waals surface area contributed by atoms with E-state index in [0.717, 1.165) is 10.0 Å². The molecule has 0 radical (unpaired) electrons. The fraction of sp³-hybridized carbons (Fsp3) is 0.400. The van der Waals surface area contributed by atoms with Gasteiger partial charge in [-0.15, -0.1) is 0 Å². The standard InChI is InChI=1S/C10H10BrNO3/c1-10(5-15-6-10)8-3-2-7(12(13)14)4-9(8)11/h2-4H,5-6H2,1H3. The second-order valence-electron chi connectivity index (χ2n) is 3.97. The van der Waals surface area contributed by atoms with Gasteiger partial charge in [0.1, 0.15) is 0 Å². The third kappa shape index (κ3) is 1.77. The molecule has 4 nitrogen and oxygen atoms in total. The fourth-order valence-electron chi connectivity index (χ4n) is 1.67. The molecular weight excluding hydrogens is 262 g/mol. The zero-order valence-electron chi connectivity index (χ0n) is 8.20. The van der Waals surface area contributed by atoms with Crippen LogP contribution in [-0.2, 0) is 10.2 Å². The average Bonchev–Trinajstić information content (AvgIpc) is 2.14. The van der Waals surface area contributed by atoms with Crippen LogP contribution in [0.25, 0.3) is 0 Å². The van der Waals surface area contributed by atoms with E-state index in [1.807, 2.05) is 0 Å². The molecule has 0 amide bonds. The molecule has 1 aromatic carbocycles. The Hall–Kier alpha value is -0.940. The van der Waals surface area contributed by atoms with Gasteiger partial charge in [0.25, 0.3) is 5.69 Å². The van der Waals surface area contributed by atoms with Gasteiger partial charge in [0, 0.05) is 22.0 Å². The van der Waals surface area contributed by atoms with Crippen molar-refractivity contribution in [3.63, 3.8) is 0 Å². The molecule has 5 heteroatoms. The molecule has 15 heavy (non-hydrogen) atoms. The number of ether oxygens (including phenoxy) is 1. The highest BCUT2D eigenvalue weighted by atomic mass is 79.9. The highest BCUT2D eigenvalue weighted by Gasteiger charge is 2.37. The lowest BCUT2D eigenvalue weighted by molar-refractivity contribution is -0.385. The van der Waals surface area contributed by atoms with Crippen LogP contribution in [0.1, 0.15) is 12.5 Å². The normalized spacial score (nSPS) is 18.3. The smallest absolute Gasteiger partial charge is 0.270 e. The van der Waals surface area contributed by atoms with Crippen molar-refractivity contribution >= 4 is 21.6 Å². The van der Waals surface area contributed by atoms with Gasteiger partial charge in [-0.1, -0.05) is 28.9 Å². The van der Waals surface area contributed by atoms with Crippen molar-refractivity contribution in [2.75, 3.05) is 13.2 Å². The summed E-state index contributed by atoms with van der Waals surface area (Å²) in [4.78, 5) is 10.2. The number of nitro benzene ring substituents is 1. The van der Waals surface area contributed by atoms with Crippen LogP contribution in [0.5, 0.6) is 0 Å². The molecule has 80 valence electrons. The average molecular weight is 272 g/mol. The number of benzene rings is 1. The molecule has 1 heterocycles. The predicted octanol–water partition coefficient (Wildman–Crippen LogP) is 2.65. The van der Waals surface area contributed by atoms with E-state index in [1.54, 1.807) is 12.1 Å². The zero-order valence-corrected chi connectivity index (χ0v) is 9.78. The lowest BCUT2D eigenvalue weighted by Crippen LogP contribution is -2.44. The molecule has 2 rings (SSSR count). The Morgan fingerprint density at radius 3 is 2.60 bits per heavy atom. The van der Waals surface area contributed by atoms with Crippen LogP contribution in [0, 0.1) is 10.1 Å². The van der Waals surface area contributed by atoms with Gasteiger partial charge in [-0.2, -0.15) is 0 Å². The van der Waals surface area contributed by atoms with E-state index in [-0.39, 0.29) is 11.1 Å². The first kappa shape index (κ1) is 10.6. The number of non-ortho nitro benzene ring substituents is 1. The maximum atomic E-state index is 10.6. The summed E-state index contributed by atoms with van der Waals surface area (Å²) in [5.74, 6) is 0. The first-order valence-corrected chi connectivity index (χ1v) is 5.34. The van der Waals surface area contributed by atoms with Crippen molar-refractivity contribution in [2.24, 2.45) is 0 Å². The van der Waals surface area contributed by atoms with Crippen LogP contribution in [0.3, 0.4) is 0 Å². The third-order valence-electron chi connectivity index (χ3n) is 2.65. The summed E-state index contributed by atoms with van der Waals surface area (Å²) in [5.41, 5.74) is 1.17. The molecule has 1 fully saturated rings. The van der Waals surface area contributed by atoms with E-state index < -0.39 is 4.92 Å². The monoisotopic (exact) mass is 271 g/mol. The zero-order chi connectivity index (χ0) is 11.1. The van der Waals surface area contributed by atoms with Crippen molar-refractivity contribution in [3.05, 3.63) is 38.3 Å². The summed E-state index contributed by atoms with van der Waals surface area (Å²) in [7, 11) is 0. The highest BCUT2D eigenvalue weighted by Crippen LogP contribution is 2.37. The van der Waals surface area contributed by atoms with E-state index in [9.17, 15) is 10.1 Å². The fourth-order valence-corrected chi connectivity index (χ4v) is 2.52. The van der Waals surface area contributed by atoms with Gasteiger partial charge in [0.2, 0.25) is 0 Å². The minimum Gasteiger partial charge on any atom is -0.379 e. The van der Waals surface area contributed by atoms with Crippen molar-refractivity contribution in [1.82, 2.24) is 0 Å². The van der Waals surface area contributed by atoms with Gasteiger partial charge in [-0.3, -0.25) is 10.1 Å². The van der Waals surface area contributed by atoms with E-state index in [1.165, 1.54) is 6.07 Å². The van der Waals surface area contributed by atoms with E-state index in [0.29, 0.717) is 13.2 Å². The van der Waals surface area contributed by atoms with Crippen molar-refractivity contribution in [1.29, 1.82) is 0 Å². The molecule has 0 atom stereocenters. The molecule has 0 saturated carbocycles. The minimum atomic E-state index is -0.395. The SMILES string of the molecule is CC1(c2ccc([N+](=O)[O-])cc2Br)COC1. The van der Waals surface area contributed by atoms with Gasteiger partial charge in [-0.05, 0) is 5.56 Å². The minimum absolute atomic E-state index is 0.00599. The summed E-state index contributed by atoms with van der Waals surface area (Å²) in [6.07, 6.45) is 0. The second-order valence-corrected chi connectivity index (χ2v) is 4.83. The highest BCUT2D eigenvalue weighted by molar-refractivity contribution is 9.10. The van der Waals surface area contributed by atoms with E-state index >= 15 is 0 Å². The number of nitrogens with zero attached hydrogens (tertiary/aromatic N) is 1. The summed E-state index contributed by atoms with van der Waals surface area (Å²) in [5, 5.41) is 10.6. The predicted molar refractivity (Wildman–Crippen MR) is 59.0 cm³/mol. The Morgan fingerprint density at radius 1 is 1.53 bits per heavy atom. The van der Waals surface area contributed by atoms with Crippen molar-refractivity contribution < 1.29 is 9.66 Å². The number of rotatable bonds is 2. The van der Waals surface area contributed by atoms with Crippen molar-refractivity contribution in [3.8, 4) is 0 Å². The summed E-state index contributed by atoms with van der Waals surface area (Å²) in [6, 6.07) is 4.87. The van der Waals surface area contributed by atoms with E-state index in [2.05, 4.69) is 22.9 Å². The first-order chi connectivity index (χ1) is 7.03. The molecule has 1 aromatic rings. The molecule has 0 bridgehead atoms. The number of hydrogen-bond donors (Lipinski definition) is 0. The molecule has 0 aliphatic carbocycles. The van der Waals surface area contributed by atoms with Gasteiger partial charge in [-0.25, -0.2) is 0 Å². The summed E-state index contributed by atoms with van der Waals surface area (Å²) >= 11 is 3.37. The summed E-state index contributed by atoms with van der Waals surface area (Å²) < 4.78 is 5.95. The summed E-state index contributed by atoms with van der Waals surface area (Å²) in [6.45, 7) is 3.43. The van der Waals surface area contributed by atoms with Gasteiger partial charge >= 0.3 is 0 Å². The Balaban J connectivity index is 2.38. The van der Waals surface area contributed by atoms with Crippen LogP contribution in [0.4, 0.5) is 5.69 Å². The maximum Gasteiger partial charge on any atom is 0.270 e. The maximum absolute atomic E-state index is 10.6. The number of hydrogen-bond acceptors (Lipinski definition) is 3. The topological polar surface area (TPSA) is 52.4 Å². The van der Waals surface area contributed by atoms with E-state index in [4.69, 9.17) is 4.74 Å². The number of halogens is 1. The second kappa shape index (κ2) is 3.57. The molecule has 1 aliphatic heterocycles. The largest absolute Gasteiger partial charge is 0.379 e. The van der Waals surface area contributed by atoms with Gasteiger partial charge in [0.05, 0.1) is 18.1 Å². The van der Waals surface area contributed by atoms with Crippen LogP contribution in [0.15, 0.2) is 22.7 Å². The van der Waals surface area contributed by atoms with Crippen LogP contribution >= 0.6 is 15.9 Å². The molecule has 0 unspecified atom stereocenters. The molecule has 0 spiro atoms. The molecule has 0 aromatic heterocycles. The first-order valence-electron chi connectivity index (χ1n) is 4.55. The Kier molecular flexibility index (Phi) is 2.52. The van der Waals surface area contributed by atoms with Crippen LogP contribution in [-0.4, -0.2) is 18.1 Å². The molecular formula is C10H10BrNO3. The number of nitro groups is 1. The lowest BCUT2D eigenvalue weighted by atomic mass is 9.81. The third-order valence-corrected chi connectivity index (χ3v) is 3.31. The molecule has 1 aliphatic rings. The quantitative estimate of drug-likeness (QED) is 0.614. The van der Waals surface area contributed by atoms with Crippen LogP contribution in [0.2, 0.25) is 0 Å². The Labute approximate surface area is 95.5 Å². The molecule has 0 N–H and O–H groups in total. The Bertz CT molecular complexity index is 415. The van der Waals surface area contributed by atoms with Gasteiger partial charge < -0.3 is 4.74 Å². The lowest BCUT2D eigenvalue weighted by Gasteiger charge is -2.39.